The minimum atomic E-state index is 0.715. The van der Waals surface area contributed by atoms with Gasteiger partial charge in [0.25, 0.3) is 0 Å². The average Bonchev–Trinajstić information content (AvgIpc) is 2.88. The fourth-order valence-electron chi connectivity index (χ4n) is 2.19. The molecule has 0 bridgehead atoms. The summed E-state index contributed by atoms with van der Waals surface area (Å²) in [5, 5.41) is 5.63. The number of thiophene rings is 1. The van der Waals surface area contributed by atoms with Gasteiger partial charge in [-0.05, 0) is 31.3 Å². The van der Waals surface area contributed by atoms with Gasteiger partial charge in [-0.3, -0.25) is 0 Å². The molecule has 17 heavy (non-hydrogen) atoms. The molecule has 1 saturated heterocycles. The minimum Gasteiger partial charge on any atom is -0.381 e. The van der Waals surface area contributed by atoms with E-state index in [-0.39, 0.29) is 0 Å². The summed E-state index contributed by atoms with van der Waals surface area (Å²) in [6.07, 6.45) is 2.36. The van der Waals surface area contributed by atoms with Crippen LogP contribution in [0.4, 0.5) is 0 Å². The quantitative estimate of drug-likeness (QED) is 0.785. The molecule has 96 valence electrons. The Morgan fingerprint density at radius 2 is 2.29 bits per heavy atom. The van der Waals surface area contributed by atoms with Crippen LogP contribution >= 0.6 is 11.3 Å². The fraction of sp³-hybridized carbons (Fsp3) is 0.692. The predicted octanol–water partition coefficient (Wildman–Crippen LogP) is 1.95. The number of nitrogens with one attached hydrogen (secondary N) is 1. The molecule has 1 aliphatic rings. The molecule has 1 aliphatic heterocycles. The first-order chi connectivity index (χ1) is 8.36. The van der Waals surface area contributed by atoms with Gasteiger partial charge in [0.1, 0.15) is 0 Å². The minimum absolute atomic E-state index is 0.715. The second-order valence-electron chi connectivity index (χ2n) is 4.58. The van der Waals surface area contributed by atoms with Crippen molar-refractivity contribution in [1.29, 1.82) is 0 Å². The summed E-state index contributed by atoms with van der Waals surface area (Å²) >= 11 is 1.82. The smallest absolute Gasteiger partial charge is 0.0480 e. The molecule has 0 aliphatic carbocycles. The first-order valence-corrected chi connectivity index (χ1v) is 7.25. The van der Waals surface area contributed by atoms with Crippen LogP contribution in [-0.4, -0.2) is 44.3 Å². The van der Waals surface area contributed by atoms with Crippen LogP contribution in [0, 0.1) is 0 Å². The van der Waals surface area contributed by atoms with E-state index in [2.05, 4.69) is 34.8 Å². The van der Waals surface area contributed by atoms with E-state index < -0.39 is 0 Å². The average molecular weight is 254 g/mol. The number of hydrogen-bond acceptors (Lipinski definition) is 4. The highest BCUT2D eigenvalue weighted by molar-refractivity contribution is 7.09. The maximum atomic E-state index is 5.38. The van der Waals surface area contributed by atoms with Crippen molar-refractivity contribution >= 4 is 11.3 Å². The molecule has 1 fully saturated rings. The van der Waals surface area contributed by atoms with Gasteiger partial charge in [0.15, 0.2) is 0 Å². The van der Waals surface area contributed by atoms with Crippen molar-refractivity contribution in [2.24, 2.45) is 0 Å². The summed E-state index contributed by atoms with van der Waals surface area (Å²) in [6.45, 7) is 5.04. The van der Waals surface area contributed by atoms with Crippen LogP contribution in [0.5, 0.6) is 0 Å². The molecule has 0 atom stereocenters. The lowest BCUT2D eigenvalue weighted by atomic mass is 10.1. The summed E-state index contributed by atoms with van der Waals surface area (Å²) in [5.41, 5.74) is 0. The molecule has 2 heterocycles. The number of likely N-dealkylation sites (N-methyl/N-ethyl adjacent to an activating group) is 1. The van der Waals surface area contributed by atoms with E-state index in [0.717, 1.165) is 32.8 Å². The molecule has 0 spiro atoms. The Labute approximate surface area is 108 Å². The predicted molar refractivity (Wildman–Crippen MR) is 72.5 cm³/mol. The van der Waals surface area contributed by atoms with E-state index in [9.17, 15) is 0 Å². The van der Waals surface area contributed by atoms with E-state index in [4.69, 9.17) is 4.74 Å². The Hall–Kier alpha value is -0.420. The van der Waals surface area contributed by atoms with Gasteiger partial charge < -0.3 is 15.0 Å². The van der Waals surface area contributed by atoms with Gasteiger partial charge in [-0.25, -0.2) is 0 Å². The lowest BCUT2D eigenvalue weighted by Gasteiger charge is -2.31. The molecule has 0 unspecified atom stereocenters. The first-order valence-electron chi connectivity index (χ1n) is 6.37. The van der Waals surface area contributed by atoms with Crippen LogP contribution in [0.25, 0.3) is 0 Å². The van der Waals surface area contributed by atoms with Gasteiger partial charge >= 0.3 is 0 Å². The largest absolute Gasteiger partial charge is 0.381 e. The highest BCUT2D eigenvalue weighted by atomic mass is 32.1. The molecular formula is C13H22N2OS. The maximum Gasteiger partial charge on any atom is 0.0480 e. The second-order valence-corrected chi connectivity index (χ2v) is 5.61. The standard InChI is InChI=1S/C13H22N2OS/c1-15(12-4-8-16-9-5-12)7-6-14-11-13-3-2-10-17-13/h2-3,10,12,14H,4-9,11H2,1H3. The van der Waals surface area contributed by atoms with E-state index in [0.29, 0.717) is 6.04 Å². The van der Waals surface area contributed by atoms with Gasteiger partial charge in [-0.2, -0.15) is 0 Å². The van der Waals surface area contributed by atoms with Crippen LogP contribution in [0.3, 0.4) is 0 Å². The van der Waals surface area contributed by atoms with Gasteiger partial charge in [-0.15, -0.1) is 11.3 Å². The summed E-state index contributed by atoms with van der Waals surface area (Å²) < 4.78 is 5.38. The maximum absolute atomic E-state index is 5.38. The molecule has 1 N–H and O–H groups in total. The zero-order chi connectivity index (χ0) is 11.9. The van der Waals surface area contributed by atoms with Crippen LogP contribution in [0.1, 0.15) is 17.7 Å². The Morgan fingerprint density at radius 1 is 1.47 bits per heavy atom. The second kappa shape index (κ2) is 7.11. The van der Waals surface area contributed by atoms with Crippen molar-refractivity contribution < 1.29 is 4.74 Å². The van der Waals surface area contributed by atoms with E-state index in [1.165, 1.54) is 17.7 Å². The van der Waals surface area contributed by atoms with E-state index in [1.54, 1.807) is 0 Å². The Balaban J connectivity index is 1.57. The summed E-state index contributed by atoms with van der Waals surface area (Å²) in [7, 11) is 2.23. The molecule has 0 radical (unpaired) electrons. The molecule has 0 aromatic carbocycles. The van der Waals surface area contributed by atoms with Gasteiger partial charge in [-0.1, -0.05) is 6.07 Å². The van der Waals surface area contributed by atoms with Crippen LogP contribution in [-0.2, 0) is 11.3 Å². The molecule has 3 nitrogen and oxygen atoms in total. The Morgan fingerprint density at radius 3 is 3.00 bits per heavy atom. The summed E-state index contributed by atoms with van der Waals surface area (Å²) in [5.74, 6) is 0. The SMILES string of the molecule is CN(CCNCc1cccs1)C1CCOCC1. The van der Waals surface area contributed by atoms with Crippen molar-refractivity contribution in [3.05, 3.63) is 22.4 Å². The third kappa shape index (κ3) is 4.39. The zero-order valence-electron chi connectivity index (χ0n) is 10.5. The van der Waals surface area contributed by atoms with E-state index >= 15 is 0 Å². The summed E-state index contributed by atoms with van der Waals surface area (Å²) in [4.78, 5) is 3.88. The van der Waals surface area contributed by atoms with Crippen LogP contribution in [0.2, 0.25) is 0 Å². The van der Waals surface area contributed by atoms with Gasteiger partial charge in [0.2, 0.25) is 0 Å². The Bertz CT molecular complexity index is 296. The third-order valence-electron chi connectivity index (χ3n) is 3.33. The van der Waals surface area contributed by atoms with E-state index in [1.807, 2.05) is 11.3 Å². The number of hydrogen-bond donors (Lipinski definition) is 1. The van der Waals surface area contributed by atoms with Crippen LogP contribution < -0.4 is 5.32 Å². The molecular weight excluding hydrogens is 232 g/mol. The van der Waals surface area contributed by atoms with Crippen molar-refractivity contribution in [2.75, 3.05) is 33.4 Å². The monoisotopic (exact) mass is 254 g/mol. The topological polar surface area (TPSA) is 24.5 Å². The van der Waals surface area contributed by atoms with Gasteiger partial charge in [0.05, 0.1) is 0 Å². The van der Waals surface area contributed by atoms with Crippen molar-refractivity contribution in [2.45, 2.75) is 25.4 Å². The lowest BCUT2D eigenvalue weighted by Crippen LogP contribution is -2.40. The molecule has 1 aromatic heterocycles. The van der Waals surface area contributed by atoms with Gasteiger partial charge in [0, 0.05) is 43.8 Å². The lowest BCUT2D eigenvalue weighted by molar-refractivity contribution is 0.0434. The number of rotatable bonds is 6. The third-order valence-corrected chi connectivity index (χ3v) is 4.21. The normalized spacial score (nSPS) is 17.8. The number of nitrogens with zero attached hydrogens (tertiary/aromatic N) is 1. The molecule has 0 saturated carbocycles. The highest BCUT2D eigenvalue weighted by Gasteiger charge is 2.17. The molecule has 0 amide bonds. The molecule has 2 rings (SSSR count). The summed E-state index contributed by atoms with van der Waals surface area (Å²) in [6, 6.07) is 5.00. The van der Waals surface area contributed by atoms with Crippen molar-refractivity contribution in [3.63, 3.8) is 0 Å². The Kier molecular flexibility index (Phi) is 5.45. The number of ether oxygens (including phenoxy) is 1. The highest BCUT2D eigenvalue weighted by Crippen LogP contribution is 2.12. The first kappa shape index (κ1) is 13.0. The molecule has 1 aromatic rings. The fourth-order valence-corrected chi connectivity index (χ4v) is 2.86. The van der Waals surface area contributed by atoms with Crippen molar-refractivity contribution in [3.8, 4) is 0 Å². The van der Waals surface area contributed by atoms with Crippen molar-refractivity contribution in [1.82, 2.24) is 10.2 Å². The zero-order valence-corrected chi connectivity index (χ0v) is 11.3. The van der Waals surface area contributed by atoms with Crippen LogP contribution in [0.15, 0.2) is 17.5 Å². The molecule has 4 heteroatoms.